The Morgan fingerprint density at radius 2 is 1.62 bits per heavy atom. The van der Waals surface area contributed by atoms with Gasteiger partial charge in [-0.3, -0.25) is 9.59 Å². The van der Waals surface area contributed by atoms with Gasteiger partial charge >= 0.3 is 18.1 Å². The lowest BCUT2D eigenvalue weighted by Gasteiger charge is -2.40. The average molecular weight is 557 g/mol. The molecule has 0 aliphatic heterocycles. The molecule has 0 saturated heterocycles. The van der Waals surface area contributed by atoms with E-state index in [-0.39, 0.29) is 37.0 Å². The molecule has 2 aromatic carbocycles. The number of benzene rings is 2. The highest BCUT2D eigenvalue weighted by molar-refractivity contribution is 5.82. The van der Waals surface area contributed by atoms with Gasteiger partial charge in [0, 0.05) is 31.1 Å². The van der Waals surface area contributed by atoms with Crippen molar-refractivity contribution in [2.75, 3.05) is 13.1 Å². The molecule has 8 heteroatoms. The zero-order chi connectivity index (χ0) is 28.9. The molecule has 0 unspecified atom stereocenters. The van der Waals surface area contributed by atoms with Crippen molar-refractivity contribution in [2.45, 2.75) is 71.3 Å². The van der Waals surface area contributed by atoms with E-state index in [0.717, 1.165) is 28.0 Å². The number of carbonyl (C=O) groups excluding carboxylic acids is 2. The van der Waals surface area contributed by atoms with E-state index in [1.807, 2.05) is 87.5 Å². The number of esters is 1. The van der Waals surface area contributed by atoms with Crippen LogP contribution in [0.3, 0.4) is 0 Å². The Hall–Kier alpha value is -3.13. The van der Waals surface area contributed by atoms with Crippen molar-refractivity contribution in [1.82, 2.24) is 10.2 Å². The molecule has 0 spiro atoms. The Balaban J connectivity index is 1.28. The predicted octanol–water partition coefficient (Wildman–Crippen LogP) is 6.40. The number of nitrogens with one attached hydrogen (secondary N) is 1. The molecular formula is C32H39F3N2O3. The lowest BCUT2D eigenvalue weighted by Crippen LogP contribution is -2.52. The molecule has 2 atom stereocenters. The molecule has 2 saturated carbocycles. The summed E-state index contributed by atoms with van der Waals surface area (Å²) in [6.45, 7) is 6.34. The number of hydrogen-bond acceptors (Lipinski definition) is 4. The second-order valence-electron chi connectivity index (χ2n) is 11.7. The molecule has 2 fully saturated rings. The zero-order valence-electron chi connectivity index (χ0n) is 23.4. The van der Waals surface area contributed by atoms with Crippen molar-refractivity contribution in [3.05, 3.63) is 77.4 Å². The summed E-state index contributed by atoms with van der Waals surface area (Å²) < 4.78 is 46.1. The third kappa shape index (κ3) is 7.74. The van der Waals surface area contributed by atoms with Gasteiger partial charge in [-0.25, -0.2) is 0 Å². The number of rotatable bonds is 12. The third-order valence-corrected chi connectivity index (χ3v) is 7.99. The molecule has 216 valence electrons. The van der Waals surface area contributed by atoms with Crippen LogP contribution >= 0.6 is 0 Å². The summed E-state index contributed by atoms with van der Waals surface area (Å²) in [5, 5.41) is 3.37. The van der Waals surface area contributed by atoms with Gasteiger partial charge in [0.25, 0.3) is 0 Å². The fraction of sp³-hybridized carbons (Fsp3) is 0.500. The largest absolute Gasteiger partial charge is 0.471 e. The van der Waals surface area contributed by atoms with E-state index in [0.29, 0.717) is 25.8 Å². The van der Waals surface area contributed by atoms with Crippen LogP contribution in [0.1, 0.15) is 57.6 Å². The maximum Gasteiger partial charge on any atom is 0.471 e. The minimum absolute atomic E-state index is 0.0126. The van der Waals surface area contributed by atoms with Crippen LogP contribution in [0.15, 0.2) is 66.2 Å². The number of amides is 1. The molecule has 2 aliphatic carbocycles. The van der Waals surface area contributed by atoms with E-state index in [9.17, 15) is 22.8 Å². The molecule has 2 aromatic rings. The van der Waals surface area contributed by atoms with Gasteiger partial charge in [0.1, 0.15) is 6.61 Å². The molecule has 0 aromatic heterocycles. The maximum atomic E-state index is 13.5. The summed E-state index contributed by atoms with van der Waals surface area (Å²) in [5.41, 5.74) is 2.25. The third-order valence-electron chi connectivity index (χ3n) is 7.99. The van der Waals surface area contributed by atoms with E-state index in [4.69, 9.17) is 4.74 Å². The van der Waals surface area contributed by atoms with Gasteiger partial charge in [0.15, 0.2) is 0 Å². The highest BCUT2D eigenvalue weighted by atomic mass is 19.4. The summed E-state index contributed by atoms with van der Waals surface area (Å²) in [6, 6.07) is 18.9. The minimum Gasteiger partial charge on any atom is -0.460 e. The Bertz CT molecular complexity index is 1170. The molecule has 5 nitrogen and oxygen atoms in total. The average Bonchev–Trinajstić information content (AvgIpc) is 3.70. The van der Waals surface area contributed by atoms with Crippen LogP contribution in [0, 0.1) is 17.3 Å². The molecule has 4 rings (SSSR count). The van der Waals surface area contributed by atoms with Gasteiger partial charge in [-0.05, 0) is 56.6 Å². The van der Waals surface area contributed by atoms with E-state index in [1.54, 1.807) is 0 Å². The number of alkyl halides is 3. The Labute approximate surface area is 234 Å². The molecule has 1 N–H and O–H groups in total. The molecule has 1 amide bonds. The van der Waals surface area contributed by atoms with E-state index in [2.05, 4.69) is 5.32 Å². The van der Waals surface area contributed by atoms with Gasteiger partial charge in [-0.2, -0.15) is 13.2 Å². The lowest BCUT2D eigenvalue weighted by molar-refractivity contribution is -0.187. The molecule has 0 bridgehead atoms. The van der Waals surface area contributed by atoms with Crippen molar-refractivity contribution < 1.29 is 27.5 Å². The van der Waals surface area contributed by atoms with E-state index in [1.165, 1.54) is 0 Å². The first-order chi connectivity index (χ1) is 19.0. The fourth-order valence-corrected chi connectivity index (χ4v) is 5.41. The molecule has 40 heavy (non-hydrogen) atoms. The van der Waals surface area contributed by atoms with Crippen LogP contribution in [-0.4, -0.2) is 48.1 Å². The van der Waals surface area contributed by atoms with Crippen LogP contribution < -0.4 is 5.32 Å². The number of carbonyl (C=O) groups is 2. The Kier molecular flexibility index (Phi) is 9.39. The Morgan fingerprint density at radius 1 is 1.00 bits per heavy atom. The molecule has 2 aliphatic rings. The van der Waals surface area contributed by atoms with Crippen LogP contribution in [0.25, 0.3) is 6.08 Å². The summed E-state index contributed by atoms with van der Waals surface area (Å²) in [7, 11) is 0. The van der Waals surface area contributed by atoms with Gasteiger partial charge in [0.2, 0.25) is 0 Å². The van der Waals surface area contributed by atoms with Crippen LogP contribution in [0.4, 0.5) is 13.2 Å². The molecule has 0 heterocycles. The first kappa shape index (κ1) is 29.8. The highest BCUT2D eigenvalue weighted by Crippen LogP contribution is 2.46. The topological polar surface area (TPSA) is 58.6 Å². The predicted molar refractivity (Wildman–Crippen MR) is 149 cm³/mol. The smallest absolute Gasteiger partial charge is 0.460 e. The molecule has 0 radical (unpaired) electrons. The van der Waals surface area contributed by atoms with Crippen LogP contribution in [0.5, 0.6) is 0 Å². The number of halogens is 3. The van der Waals surface area contributed by atoms with Crippen molar-refractivity contribution in [3.63, 3.8) is 0 Å². The first-order valence-electron chi connectivity index (χ1n) is 14.1. The van der Waals surface area contributed by atoms with Crippen LogP contribution in [0.2, 0.25) is 0 Å². The monoisotopic (exact) mass is 556 g/mol. The molecular weight excluding hydrogens is 517 g/mol. The summed E-state index contributed by atoms with van der Waals surface area (Å²) in [6.07, 6.45) is -0.251. The highest BCUT2D eigenvalue weighted by Gasteiger charge is 2.53. The first-order valence-corrected chi connectivity index (χ1v) is 14.1. The van der Waals surface area contributed by atoms with E-state index >= 15 is 0 Å². The second kappa shape index (κ2) is 12.6. The van der Waals surface area contributed by atoms with Crippen molar-refractivity contribution in [1.29, 1.82) is 0 Å². The summed E-state index contributed by atoms with van der Waals surface area (Å²) in [5.74, 6) is -2.11. The van der Waals surface area contributed by atoms with Gasteiger partial charge in [0.05, 0.1) is 5.41 Å². The van der Waals surface area contributed by atoms with Crippen molar-refractivity contribution in [2.24, 2.45) is 17.3 Å². The summed E-state index contributed by atoms with van der Waals surface area (Å²) >= 11 is 0. The number of nitrogens with zero attached hydrogens (tertiary/aromatic N) is 1. The summed E-state index contributed by atoms with van der Waals surface area (Å²) in [4.78, 5) is 26.1. The maximum absolute atomic E-state index is 13.5. The minimum atomic E-state index is -4.89. The van der Waals surface area contributed by atoms with Crippen molar-refractivity contribution >= 4 is 18.0 Å². The standard InChI is InChI=1S/C32H39F3N2O3/c1-4-25(15-22-11-7-5-8-12-22)27-18-28(27)37(29(38)32(33,34)35)19-24-16-26(17-24)36-21-31(2,3)30(39)40-20-23-13-9-6-10-14-23/h5-15,24,26-28,36H,4,16-21H2,1-3H3/b25-15+/t24-,26-,27-,28+/m0/s1. The zero-order valence-corrected chi connectivity index (χ0v) is 23.4. The Morgan fingerprint density at radius 3 is 2.23 bits per heavy atom. The number of ether oxygens (including phenoxy) is 1. The SMILES string of the molecule is CC/C(=C\c1ccccc1)[C@@H]1C[C@H]1N(C[C@H]1C[C@H](NCC(C)(C)C(=O)OCc2ccccc2)C1)C(=O)C(F)(F)F. The van der Waals surface area contributed by atoms with Gasteiger partial charge < -0.3 is 15.0 Å². The van der Waals surface area contributed by atoms with E-state index < -0.39 is 23.5 Å². The lowest BCUT2D eigenvalue weighted by atomic mass is 9.79. The number of hydrogen-bond donors (Lipinski definition) is 1. The van der Waals surface area contributed by atoms with Crippen LogP contribution in [-0.2, 0) is 20.9 Å². The quantitative estimate of drug-likeness (QED) is 0.308. The van der Waals surface area contributed by atoms with Gasteiger partial charge in [-0.15, -0.1) is 0 Å². The van der Waals surface area contributed by atoms with Gasteiger partial charge in [-0.1, -0.05) is 79.2 Å². The second-order valence-corrected chi connectivity index (χ2v) is 11.7. The van der Waals surface area contributed by atoms with Crippen molar-refractivity contribution in [3.8, 4) is 0 Å². The normalized spacial score (nSPS) is 22.8. The fourth-order valence-electron chi connectivity index (χ4n) is 5.41.